The largest absolute Gasteiger partial charge is 0.384 e. The summed E-state index contributed by atoms with van der Waals surface area (Å²) in [6, 6.07) is 5.77. The maximum Gasteiger partial charge on any atom is 0.227 e. The van der Waals surface area contributed by atoms with E-state index in [9.17, 15) is 4.79 Å². The molecule has 3 heteroatoms. The van der Waals surface area contributed by atoms with Gasteiger partial charge in [-0.3, -0.25) is 4.79 Å². The number of benzene rings is 1. The molecule has 3 rings (SSSR count). The average Bonchev–Trinajstić information content (AvgIpc) is 3.02. The quantitative estimate of drug-likeness (QED) is 0.810. The van der Waals surface area contributed by atoms with E-state index in [2.05, 4.69) is 17.2 Å². The molecular weight excluding hydrogens is 250 g/mol. The van der Waals surface area contributed by atoms with Crippen LogP contribution in [-0.4, -0.2) is 17.6 Å². The van der Waals surface area contributed by atoms with Crippen molar-refractivity contribution in [3.8, 4) is 11.8 Å². The first kappa shape index (κ1) is 13.2. The number of nitrogens with one attached hydrogen (secondary N) is 1. The number of fused-ring (bicyclic) bond motifs is 1. The average molecular weight is 269 g/mol. The molecule has 1 aromatic rings. The number of carbonyl (C=O) groups is 1. The van der Waals surface area contributed by atoms with Gasteiger partial charge < -0.3 is 10.4 Å². The molecule has 0 bridgehead atoms. The van der Waals surface area contributed by atoms with Gasteiger partial charge in [0.2, 0.25) is 5.91 Å². The van der Waals surface area contributed by atoms with E-state index in [0.29, 0.717) is 0 Å². The normalized spacial score (nSPS) is 26.4. The number of hydrogen-bond donors (Lipinski definition) is 2. The molecule has 0 aromatic heterocycles. The zero-order valence-electron chi connectivity index (χ0n) is 11.6. The van der Waals surface area contributed by atoms with Gasteiger partial charge in [0.1, 0.15) is 6.61 Å². The molecule has 2 fully saturated rings. The zero-order valence-corrected chi connectivity index (χ0v) is 11.6. The highest BCUT2D eigenvalue weighted by atomic mass is 16.2. The van der Waals surface area contributed by atoms with Crippen molar-refractivity contribution < 1.29 is 9.90 Å². The van der Waals surface area contributed by atoms with E-state index < -0.39 is 0 Å². The molecule has 0 heterocycles. The van der Waals surface area contributed by atoms with Crippen LogP contribution < -0.4 is 5.32 Å². The van der Waals surface area contributed by atoms with Crippen LogP contribution in [0.4, 0.5) is 5.69 Å². The second-order valence-electron chi connectivity index (χ2n) is 5.96. The fraction of sp³-hybridized carbons (Fsp3) is 0.471. The predicted molar refractivity (Wildman–Crippen MR) is 78.1 cm³/mol. The van der Waals surface area contributed by atoms with Crippen LogP contribution in [0.15, 0.2) is 18.2 Å². The van der Waals surface area contributed by atoms with Gasteiger partial charge in [-0.2, -0.15) is 0 Å². The molecule has 2 atom stereocenters. The van der Waals surface area contributed by atoms with Crippen LogP contribution >= 0.6 is 0 Å². The molecule has 104 valence electrons. The van der Waals surface area contributed by atoms with Gasteiger partial charge in [-0.25, -0.2) is 0 Å². The van der Waals surface area contributed by atoms with Gasteiger partial charge in [-0.1, -0.05) is 11.8 Å². The van der Waals surface area contributed by atoms with Gasteiger partial charge in [0.05, 0.1) is 0 Å². The summed E-state index contributed by atoms with van der Waals surface area (Å²) in [5.41, 5.74) is 2.68. The Balaban J connectivity index is 1.69. The van der Waals surface area contributed by atoms with E-state index >= 15 is 0 Å². The summed E-state index contributed by atoms with van der Waals surface area (Å²) in [4.78, 5) is 12.2. The number of hydrogen-bond acceptors (Lipinski definition) is 2. The van der Waals surface area contributed by atoms with Crippen molar-refractivity contribution in [3.05, 3.63) is 29.3 Å². The van der Waals surface area contributed by atoms with Crippen LogP contribution in [0.2, 0.25) is 0 Å². The monoisotopic (exact) mass is 269 g/mol. The first-order valence-corrected chi connectivity index (χ1v) is 7.18. The Labute approximate surface area is 119 Å². The van der Waals surface area contributed by atoms with Gasteiger partial charge in [0, 0.05) is 17.2 Å². The minimum absolute atomic E-state index is 0.142. The van der Waals surface area contributed by atoms with E-state index in [0.717, 1.165) is 41.5 Å². The van der Waals surface area contributed by atoms with Crippen LogP contribution in [0, 0.1) is 36.5 Å². The maximum absolute atomic E-state index is 12.2. The molecular formula is C17H19NO2. The smallest absolute Gasteiger partial charge is 0.227 e. The minimum atomic E-state index is -0.152. The molecule has 3 nitrogen and oxygen atoms in total. The number of aryl methyl sites for hydroxylation is 1. The summed E-state index contributed by atoms with van der Waals surface area (Å²) >= 11 is 0. The molecule has 2 aliphatic rings. The highest BCUT2D eigenvalue weighted by molar-refractivity contribution is 5.93. The maximum atomic E-state index is 12.2. The van der Waals surface area contributed by atoms with Crippen molar-refractivity contribution in [3.63, 3.8) is 0 Å². The van der Waals surface area contributed by atoms with Crippen molar-refractivity contribution in [2.45, 2.75) is 26.2 Å². The topological polar surface area (TPSA) is 49.3 Å². The van der Waals surface area contributed by atoms with Gasteiger partial charge in [0.25, 0.3) is 0 Å². The molecule has 2 aliphatic carbocycles. The number of aliphatic hydroxyl groups excluding tert-OH is 1. The van der Waals surface area contributed by atoms with Gasteiger partial charge in [-0.05, 0) is 61.8 Å². The first-order chi connectivity index (χ1) is 9.65. The molecule has 20 heavy (non-hydrogen) atoms. The van der Waals surface area contributed by atoms with Crippen molar-refractivity contribution in [1.29, 1.82) is 0 Å². The minimum Gasteiger partial charge on any atom is -0.384 e. The van der Waals surface area contributed by atoms with Crippen molar-refractivity contribution in [2.24, 2.45) is 17.8 Å². The van der Waals surface area contributed by atoms with Crippen molar-refractivity contribution in [2.75, 3.05) is 11.9 Å². The Morgan fingerprint density at radius 3 is 2.75 bits per heavy atom. The van der Waals surface area contributed by atoms with Crippen molar-refractivity contribution in [1.82, 2.24) is 0 Å². The molecule has 0 aliphatic heterocycles. The second kappa shape index (κ2) is 5.30. The summed E-state index contributed by atoms with van der Waals surface area (Å²) in [7, 11) is 0. The van der Waals surface area contributed by atoms with Crippen LogP contribution in [0.5, 0.6) is 0 Å². The lowest BCUT2D eigenvalue weighted by atomic mass is 10.0. The molecule has 0 radical (unpaired) electrons. The predicted octanol–water partition coefficient (Wildman–Crippen LogP) is 2.32. The lowest BCUT2D eigenvalue weighted by molar-refractivity contribution is -0.120. The Hall–Kier alpha value is -1.79. The third-order valence-electron chi connectivity index (χ3n) is 4.27. The van der Waals surface area contributed by atoms with Crippen LogP contribution in [-0.2, 0) is 4.79 Å². The fourth-order valence-corrected chi connectivity index (χ4v) is 3.24. The van der Waals surface area contributed by atoms with Crippen LogP contribution in [0.3, 0.4) is 0 Å². The molecule has 1 amide bonds. The standard InChI is InChI=1S/C17H19NO2/c1-11-5-12(3-2-4-19)7-16(6-11)18-17(20)15-9-13-8-14(13)10-15/h5-7,13-15,19H,4,8-10H2,1H3,(H,18,20). The summed E-state index contributed by atoms with van der Waals surface area (Å²) in [6.45, 7) is 1.82. The van der Waals surface area contributed by atoms with E-state index in [-0.39, 0.29) is 18.4 Å². The highest BCUT2D eigenvalue weighted by Gasteiger charge is 2.47. The summed E-state index contributed by atoms with van der Waals surface area (Å²) in [6.07, 6.45) is 3.44. The van der Waals surface area contributed by atoms with E-state index in [1.54, 1.807) is 0 Å². The van der Waals surface area contributed by atoms with E-state index in [1.165, 1.54) is 6.42 Å². The Kier molecular flexibility index (Phi) is 3.50. The highest BCUT2D eigenvalue weighted by Crippen LogP contribution is 2.54. The summed E-state index contributed by atoms with van der Waals surface area (Å²) in [5, 5.41) is 11.8. The molecule has 1 aromatic carbocycles. The number of rotatable bonds is 2. The molecule has 2 N–H and O–H groups in total. The third-order valence-corrected chi connectivity index (χ3v) is 4.27. The summed E-state index contributed by atoms with van der Waals surface area (Å²) < 4.78 is 0. The van der Waals surface area contributed by atoms with Gasteiger partial charge in [-0.15, -0.1) is 0 Å². The zero-order chi connectivity index (χ0) is 14.1. The van der Waals surface area contributed by atoms with E-state index in [4.69, 9.17) is 5.11 Å². The number of amides is 1. The van der Waals surface area contributed by atoms with Gasteiger partial charge in [0.15, 0.2) is 0 Å². The lowest BCUT2D eigenvalue weighted by Crippen LogP contribution is -2.21. The molecule has 0 saturated heterocycles. The second-order valence-corrected chi connectivity index (χ2v) is 5.96. The third kappa shape index (κ3) is 2.86. The Morgan fingerprint density at radius 2 is 2.05 bits per heavy atom. The number of anilines is 1. The molecule has 2 saturated carbocycles. The molecule has 0 spiro atoms. The van der Waals surface area contributed by atoms with Crippen LogP contribution in [0.1, 0.15) is 30.4 Å². The summed E-state index contributed by atoms with van der Waals surface area (Å²) in [5.74, 6) is 7.47. The Morgan fingerprint density at radius 1 is 1.30 bits per heavy atom. The SMILES string of the molecule is Cc1cc(C#CCO)cc(NC(=O)C2CC3CC3C2)c1. The van der Waals surface area contributed by atoms with Crippen LogP contribution in [0.25, 0.3) is 0 Å². The number of aliphatic hydroxyl groups is 1. The fourth-order valence-electron chi connectivity index (χ4n) is 3.24. The van der Waals surface area contributed by atoms with Crippen molar-refractivity contribution >= 4 is 11.6 Å². The first-order valence-electron chi connectivity index (χ1n) is 7.18. The number of carbonyl (C=O) groups excluding carboxylic acids is 1. The lowest BCUT2D eigenvalue weighted by Gasteiger charge is -2.13. The molecule has 2 unspecified atom stereocenters. The van der Waals surface area contributed by atoms with E-state index in [1.807, 2.05) is 25.1 Å². The van der Waals surface area contributed by atoms with Gasteiger partial charge >= 0.3 is 0 Å². The Bertz CT molecular complexity index is 587.